The number of ether oxygens (including phenoxy) is 2. The molecule has 2 bridgehead atoms. The quantitative estimate of drug-likeness (QED) is 0.699. The van der Waals surface area contributed by atoms with Gasteiger partial charge in [0, 0.05) is 12.8 Å². The van der Waals surface area contributed by atoms with E-state index < -0.39 is 11.9 Å². The first-order valence-electron chi connectivity index (χ1n) is 5.27. The zero-order valence-electron chi connectivity index (χ0n) is 8.64. The van der Waals surface area contributed by atoms with Crippen LogP contribution >= 0.6 is 0 Å². The van der Waals surface area contributed by atoms with Gasteiger partial charge in [-0.15, -0.1) is 0 Å². The Labute approximate surface area is 88.6 Å². The van der Waals surface area contributed by atoms with Crippen molar-refractivity contribution in [3.05, 3.63) is 35.4 Å². The summed E-state index contributed by atoms with van der Waals surface area (Å²) in [4.78, 5) is 0. The van der Waals surface area contributed by atoms with Crippen molar-refractivity contribution in [2.24, 2.45) is 0 Å². The lowest BCUT2D eigenvalue weighted by Crippen LogP contribution is -2.48. The van der Waals surface area contributed by atoms with Crippen molar-refractivity contribution in [2.45, 2.75) is 37.9 Å². The Morgan fingerprint density at radius 3 is 3.07 bits per heavy atom. The van der Waals surface area contributed by atoms with Crippen LogP contribution in [0.5, 0.6) is 0 Å². The molecule has 3 rings (SSSR count). The summed E-state index contributed by atoms with van der Waals surface area (Å²) >= 11 is 0. The number of aliphatic hydroxyl groups excluding tert-OH is 1. The molecule has 15 heavy (non-hydrogen) atoms. The largest absolute Gasteiger partial charge is 0.368 e. The second kappa shape index (κ2) is 3.04. The summed E-state index contributed by atoms with van der Waals surface area (Å²) in [6.07, 6.45) is 0.222. The predicted molar refractivity (Wildman–Crippen MR) is 54.1 cm³/mol. The fraction of sp³-hybridized carbons (Fsp3) is 0.500. The number of rotatable bonds is 0. The van der Waals surface area contributed by atoms with Gasteiger partial charge in [-0.05, 0) is 18.1 Å². The van der Waals surface area contributed by atoms with Gasteiger partial charge in [0.05, 0.1) is 5.60 Å². The summed E-state index contributed by atoms with van der Waals surface area (Å²) in [7, 11) is 0. The number of hydrogen-bond acceptors (Lipinski definition) is 3. The summed E-state index contributed by atoms with van der Waals surface area (Å²) in [5.41, 5.74) is 2.06. The van der Waals surface area contributed by atoms with E-state index in [0.29, 0.717) is 6.42 Å². The first kappa shape index (κ1) is 9.33. The molecule has 0 amide bonds. The summed E-state index contributed by atoms with van der Waals surface area (Å²) in [6, 6.07) is 8.21. The smallest absolute Gasteiger partial charge is 0.165 e. The minimum Gasteiger partial charge on any atom is -0.368 e. The van der Waals surface area contributed by atoms with Gasteiger partial charge in [-0.1, -0.05) is 24.3 Å². The molecule has 1 fully saturated rings. The van der Waals surface area contributed by atoms with Gasteiger partial charge in [0.2, 0.25) is 0 Å². The normalized spacial score (nSPS) is 38.5. The third-order valence-corrected chi connectivity index (χ3v) is 3.24. The molecule has 0 aliphatic carbocycles. The Kier molecular flexibility index (Phi) is 1.89. The summed E-state index contributed by atoms with van der Waals surface area (Å²) in [5, 5.41) is 9.60. The summed E-state index contributed by atoms with van der Waals surface area (Å²) in [6.45, 7) is 2.02. The van der Waals surface area contributed by atoms with Crippen molar-refractivity contribution in [3.8, 4) is 0 Å². The fourth-order valence-electron chi connectivity index (χ4n) is 2.58. The van der Waals surface area contributed by atoms with Crippen LogP contribution in [0.2, 0.25) is 0 Å². The minimum absolute atomic E-state index is 0.298. The molecule has 0 spiro atoms. The van der Waals surface area contributed by atoms with Gasteiger partial charge in [0.1, 0.15) is 0 Å². The molecule has 0 radical (unpaired) electrons. The minimum atomic E-state index is -0.706. The van der Waals surface area contributed by atoms with E-state index in [1.165, 1.54) is 11.1 Å². The SMILES string of the molecule is CC12CC(O)OC(Cc3ccccc31)O2. The van der Waals surface area contributed by atoms with Crippen LogP contribution in [0.15, 0.2) is 24.3 Å². The van der Waals surface area contributed by atoms with E-state index in [-0.39, 0.29) is 6.29 Å². The maximum absolute atomic E-state index is 9.60. The highest BCUT2D eigenvalue weighted by atomic mass is 16.7. The van der Waals surface area contributed by atoms with Crippen LogP contribution in [0.4, 0.5) is 0 Å². The van der Waals surface area contributed by atoms with E-state index in [4.69, 9.17) is 9.47 Å². The molecule has 2 aliphatic rings. The van der Waals surface area contributed by atoms with Crippen molar-refractivity contribution in [3.63, 3.8) is 0 Å². The number of hydrogen-bond donors (Lipinski definition) is 1. The van der Waals surface area contributed by atoms with E-state index in [0.717, 1.165) is 6.42 Å². The van der Waals surface area contributed by atoms with Crippen molar-refractivity contribution >= 4 is 0 Å². The number of benzene rings is 1. The van der Waals surface area contributed by atoms with Crippen molar-refractivity contribution < 1.29 is 14.6 Å². The van der Waals surface area contributed by atoms with Gasteiger partial charge in [-0.25, -0.2) is 0 Å². The molecule has 1 aromatic carbocycles. The lowest BCUT2D eigenvalue weighted by molar-refractivity contribution is -0.331. The monoisotopic (exact) mass is 206 g/mol. The van der Waals surface area contributed by atoms with Crippen LogP contribution in [-0.2, 0) is 21.5 Å². The van der Waals surface area contributed by atoms with Crippen molar-refractivity contribution in [2.75, 3.05) is 0 Å². The molecule has 3 heteroatoms. The second-order valence-corrected chi connectivity index (χ2v) is 4.43. The number of fused-ring (bicyclic) bond motifs is 4. The Balaban J connectivity index is 2.10. The van der Waals surface area contributed by atoms with Crippen LogP contribution in [0.25, 0.3) is 0 Å². The molecule has 1 saturated heterocycles. The fourth-order valence-corrected chi connectivity index (χ4v) is 2.58. The van der Waals surface area contributed by atoms with E-state index in [1.54, 1.807) is 0 Å². The average Bonchev–Trinajstić information content (AvgIpc) is 2.15. The molecule has 3 atom stereocenters. The molecular formula is C12H14O3. The van der Waals surface area contributed by atoms with Crippen LogP contribution in [0, 0.1) is 0 Å². The molecule has 0 aromatic heterocycles. The summed E-state index contributed by atoms with van der Waals surface area (Å²) < 4.78 is 11.1. The van der Waals surface area contributed by atoms with Gasteiger partial charge in [-0.2, -0.15) is 0 Å². The van der Waals surface area contributed by atoms with Gasteiger partial charge >= 0.3 is 0 Å². The highest BCUT2D eigenvalue weighted by molar-refractivity contribution is 5.34. The third kappa shape index (κ3) is 1.39. The first-order valence-corrected chi connectivity index (χ1v) is 5.27. The number of aliphatic hydroxyl groups is 1. The predicted octanol–water partition coefficient (Wildman–Crippen LogP) is 1.54. The van der Waals surface area contributed by atoms with Crippen LogP contribution in [-0.4, -0.2) is 17.7 Å². The van der Waals surface area contributed by atoms with Crippen LogP contribution in [0.3, 0.4) is 0 Å². The van der Waals surface area contributed by atoms with Crippen LogP contribution in [0.1, 0.15) is 24.5 Å². The standard InChI is InChI=1S/C12H14O3/c1-12-7-10(13)14-11(15-12)6-8-4-2-3-5-9(8)12/h2-5,10-11,13H,6-7H2,1H3. The Morgan fingerprint density at radius 2 is 2.20 bits per heavy atom. The second-order valence-electron chi connectivity index (χ2n) is 4.43. The third-order valence-electron chi connectivity index (χ3n) is 3.24. The molecule has 3 unspecified atom stereocenters. The van der Waals surface area contributed by atoms with E-state index >= 15 is 0 Å². The molecule has 1 aromatic rings. The molecule has 0 saturated carbocycles. The molecule has 80 valence electrons. The van der Waals surface area contributed by atoms with E-state index in [9.17, 15) is 5.11 Å². The molecular weight excluding hydrogens is 192 g/mol. The topological polar surface area (TPSA) is 38.7 Å². The van der Waals surface area contributed by atoms with E-state index in [1.807, 2.05) is 19.1 Å². The van der Waals surface area contributed by atoms with E-state index in [2.05, 4.69) is 12.1 Å². The molecule has 2 aliphatic heterocycles. The lowest BCUT2D eigenvalue weighted by Gasteiger charge is -2.45. The Bertz CT molecular complexity index is 390. The Morgan fingerprint density at radius 1 is 1.40 bits per heavy atom. The van der Waals surface area contributed by atoms with Crippen LogP contribution < -0.4 is 0 Å². The average molecular weight is 206 g/mol. The molecule has 2 heterocycles. The molecule has 3 nitrogen and oxygen atoms in total. The Hall–Kier alpha value is -0.900. The molecule has 1 N–H and O–H groups in total. The van der Waals surface area contributed by atoms with Crippen molar-refractivity contribution in [1.82, 2.24) is 0 Å². The van der Waals surface area contributed by atoms with Crippen molar-refractivity contribution in [1.29, 1.82) is 0 Å². The maximum atomic E-state index is 9.60. The van der Waals surface area contributed by atoms with Gasteiger partial charge in [0.15, 0.2) is 12.6 Å². The first-order chi connectivity index (χ1) is 7.17. The van der Waals surface area contributed by atoms with Gasteiger partial charge in [0.25, 0.3) is 0 Å². The highest BCUT2D eigenvalue weighted by Gasteiger charge is 2.44. The lowest BCUT2D eigenvalue weighted by atomic mass is 9.83. The highest BCUT2D eigenvalue weighted by Crippen LogP contribution is 2.42. The zero-order chi connectivity index (χ0) is 10.5. The van der Waals surface area contributed by atoms with Gasteiger partial charge in [-0.3, -0.25) is 0 Å². The van der Waals surface area contributed by atoms with Gasteiger partial charge < -0.3 is 14.6 Å². The summed E-state index contributed by atoms with van der Waals surface area (Å²) in [5.74, 6) is 0. The zero-order valence-corrected chi connectivity index (χ0v) is 8.64. The maximum Gasteiger partial charge on any atom is 0.165 e.